The van der Waals surface area contributed by atoms with Crippen LogP contribution in [0.25, 0.3) is 0 Å². The number of nitrogen functional groups attached to an aromatic ring is 1. The van der Waals surface area contributed by atoms with Crippen LogP contribution in [-0.4, -0.2) is 4.98 Å². The van der Waals surface area contributed by atoms with E-state index in [4.69, 9.17) is 5.84 Å². The number of rotatable bonds is 1. The number of nitrogens with zero attached hydrogens (tertiary/aromatic N) is 1. The molecule has 0 saturated carbocycles. The van der Waals surface area contributed by atoms with Crippen molar-refractivity contribution in [3.05, 3.63) is 9.98 Å². The molecule has 0 fully saturated rings. The summed E-state index contributed by atoms with van der Waals surface area (Å²) < 4.78 is 0.815. The summed E-state index contributed by atoms with van der Waals surface area (Å²) in [5.41, 5.74) is 2.43. The van der Waals surface area contributed by atoms with Gasteiger partial charge in [-0.2, -0.15) is 0 Å². The molecule has 0 amide bonds. The number of aromatic nitrogens is 1. The molecule has 5 heteroatoms. The third-order valence-corrected chi connectivity index (χ3v) is 2.08. The van der Waals surface area contributed by atoms with E-state index in [9.17, 15) is 0 Å². The third-order valence-electron chi connectivity index (χ3n) is 0.600. The molecule has 1 rings (SSSR count). The van der Waals surface area contributed by atoms with E-state index in [1.165, 1.54) is 11.3 Å². The predicted molar refractivity (Wildman–Crippen MR) is 37.6 cm³/mol. The molecule has 1 aromatic rings. The highest BCUT2D eigenvalue weighted by Gasteiger charge is 1.92. The fourth-order valence-electron chi connectivity index (χ4n) is 0.320. The van der Waals surface area contributed by atoms with Crippen molar-refractivity contribution in [2.75, 3.05) is 5.43 Å². The summed E-state index contributed by atoms with van der Waals surface area (Å²) in [4.78, 5) is 3.93. The molecule has 1 heterocycles. The zero-order valence-corrected chi connectivity index (χ0v) is 6.29. The number of nitrogens with one attached hydrogen (secondary N) is 1. The first-order chi connectivity index (χ1) is 3.83. The molecule has 0 aliphatic rings. The maximum atomic E-state index is 5.04. The molecule has 0 atom stereocenters. The lowest BCUT2D eigenvalue weighted by atomic mass is 11.0. The first-order valence-electron chi connectivity index (χ1n) is 1.90. The average Bonchev–Trinajstić information content (AvgIpc) is 2.14. The van der Waals surface area contributed by atoms with Crippen molar-refractivity contribution in [3.8, 4) is 0 Å². The molecule has 0 radical (unpaired) electrons. The van der Waals surface area contributed by atoms with Crippen molar-refractivity contribution in [2.24, 2.45) is 5.84 Å². The Morgan fingerprint density at radius 3 is 2.88 bits per heavy atom. The van der Waals surface area contributed by atoms with Crippen LogP contribution in [0.4, 0.5) is 5.13 Å². The molecule has 3 N–H and O–H groups in total. The third kappa shape index (κ3) is 1.18. The zero-order valence-electron chi connectivity index (χ0n) is 3.89. The quantitative estimate of drug-likeness (QED) is 0.521. The average molecular weight is 194 g/mol. The van der Waals surface area contributed by atoms with E-state index in [1.54, 1.807) is 0 Å². The lowest BCUT2D eigenvalue weighted by molar-refractivity contribution is 1.27. The van der Waals surface area contributed by atoms with E-state index in [0.717, 1.165) is 9.73 Å². The van der Waals surface area contributed by atoms with Crippen LogP contribution in [0.15, 0.2) is 9.98 Å². The number of thiazole rings is 1. The maximum Gasteiger partial charge on any atom is 0.198 e. The van der Waals surface area contributed by atoms with Gasteiger partial charge >= 0.3 is 0 Å². The Balaban J connectivity index is 2.84. The van der Waals surface area contributed by atoms with Crippen LogP contribution >= 0.6 is 27.3 Å². The summed E-state index contributed by atoms with van der Waals surface area (Å²) >= 11 is 4.63. The highest BCUT2D eigenvalue weighted by molar-refractivity contribution is 9.10. The minimum atomic E-state index is 0.719. The normalized spacial score (nSPS) is 9.25. The van der Waals surface area contributed by atoms with E-state index >= 15 is 0 Å². The molecule has 0 aromatic carbocycles. The van der Waals surface area contributed by atoms with Gasteiger partial charge < -0.3 is 0 Å². The number of anilines is 1. The van der Waals surface area contributed by atoms with Crippen molar-refractivity contribution >= 4 is 32.4 Å². The molecule has 0 bridgehead atoms. The maximum absolute atomic E-state index is 5.04. The van der Waals surface area contributed by atoms with Crippen LogP contribution in [0.1, 0.15) is 0 Å². The number of nitrogens with two attached hydrogens (primary N) is 1. The largest absolute Gasteiger partial charge is 0.300 e. The fourth-order valence-corrected chi connectivity index (χ4v) is 1.38. The number of hydrazine groups is 1. The highest BCUT2D eigenvalue weighted by atomic mass is 79.9. The van der Waals surface area contributed by atoms with Crippen LogP contribution in [0.5, 0.6) is 0 Å². The smallest absolute Gasteiger partial charge is 0.198 e. The molecule has 0 saturated heterocycles. The lowest BCUT2D eigenvalue weighted by Gasteiger charge is -1.85. The van der Waals surface area contributed by atoms with Crippen molar-refractivity contribution in [1.29, 1.82) is 0 Å². The molecular formula is C3H4BrN3S. The van der Waals surface area contributed by atoms with Crippen molar-refractivity contribution < 1.29 is 0 Å². The summed E-state index contributed by atoms with van der Waals surface area (Å²) in [6.45, 7) is 0. The molecule has 0 aliphatic carbocycles. The Labute approximate surface area is 59.0 Å². The second-order valence-corrected chi connectivity index (χ2v) is 2.79. The second-order valence-electron chi connectivity index (χ2n) is 1.12. The van der Waals surface area contributed by atoms with E-state index in [1.807, 2.05) is 5.38 Å². The molecule has 8 heavy (non-hydrogen) atoms. The predicted octanol–water partition coefficient (Wildman–Crippen LogP) is 1.19. The van der Waals surface area contributed by atoms with Gasteiger partial charge in [-0.1, -0.05) is 0 Å². The molecule has 0 aliphatic heterocycles. The summed E-state index contributed by atoms with van der Waals surface area (Å²) in [5.74, 6) is 5.04. The van der Waals surface area contributed by atoms with Crippen LogP contribution in [0, 0.1) is 0 Å². The van der Waals surface area contributed by atoms with Gasteiger partial charge in [0.15, 0.2) is 5.13 Å². The SMILES string of the molecule is NNc1nc(Br)cs1. The molecule has 0 unspecified atom stereocenters. The summed E-state index contributed by atoms with van der Waals surface area (Å²) in [7, 11) is 0. The van der Waals surface area contributed by atoms with E-state index < -0.39 is 0 Å². The van der Waals surface area contributed by atoms with Gasteiger partial charge in [0.1, 0.15) is 4.60 Å². The van der Waals surface area contributed by atoms with Gasteiger partial charge in [-0.3, -0.25) is 5.43 Å². The summed E-state index contributed by atoms with van der Waals surface area (Å²) in [5, 5.41) is 2.58. The Bertz CT molecular complexity index is 175. The first-order valence-corrected chi connectivity index (χ1v) is 3.58. The van der Waals surface area contributed by atoms with Gasteiger partial charge in [0, 0.05) is 5.38 Å². The molecule has 0 spiro atoms. The van der Waals surface area contributed by atoms with E-state index in [0.29, 0.717) is 0 Å². The van der Waals surface area contributed by atoms with E-state index in [2.05, 4.69) is 26.3 Å². The minimum Gasteiger partial charge on any atom is -0.300 e. The van der Waals surface area contributed by atoms with Crippen molar-refractivity contribution in [2.45, 2.75) is 0 Å². The monoisotopic (exact) mass is 193 g/mol. The van der Waals surface area contributed by atoms with Crippen molar-refractivity contribution in [1.82, 2.24) is 4.98 Å². The lowest BCUT2D eigenvalue weighted by Crippen LogP contribution is -2.05. The Hall–Kier alpha value is -0.130. The molecule has 1 aromatic heterocycles. The standard InChI is InChI=1S/C3H4BrN3S/c4-2-1-8-3(6-2)7-5/h1H,5H2,(H,6,7). The molecule has 44 valence electrons. The number of halogens is 1. The summed E-state index contributed by atoms with van der Waals surface area (Å²) in [6, 6.07) is 0. The molecular weight excluding hydrogens is 190 g/mol. The van der Waals surface area contributed by atoms with Crippen LogP contribution in [-0.2, 0) is 0 Å². The van der Waals surface area contributed by atoms with Crippen LogP contribution in [0.3, 0.4) is 0 Å². The highest BCUT2D eigenvalue weighted by Crippen LogP contribution is 2.17. The zero-order chi connectivity index (χ0) is 5.98. The van der Waals surface area contributed by atoms with E-state index in [-0.39, 0.29) is 0 Å². The second kappa shape index (κ2) is 2.43. The van der Waals surface area contributed by atoms with Crippen LogP contribution in [0.2, 0.25) is 0 Å². The Morgan fingerprint density at radius 1 is 1.88 bits per heavy atom. The topological polar surface area (TPSA) is 50.9 Å². The first kappa shape index (κ1) is 6.00. The van der Waals surface area contributed by atoms with Crippen molar-refractivity contribution in [3.63, 3.8) is 0 Å². The Kier molecular flexibility index (Phi) is 1.82. The number of hydrogen-bond acceptors (Lipinski definition) is 4. The number of hydrogen-bond donors (Lipinski definition) is 2. The molecule has 3 nitrogen and oxygen atoms in total. The van der Waals surface area contributed by atoms with Gasteiger partial charge in [0.2, 0.25) is 0 Å². The fraction of sp³-hybridized carbons (Fsp3) is 0. The minimum absolute atomic E-state index is 0.719. The van der Waals surface area contributed by atoms with Gasteiger partial charge in [-0.15, -0.1) is 11.3 Å². The van der Waals surface area contributed by atoms with Gasteiger partial charge in [-0.05, 0) is 15.9 Å². The van der Waals surface area contributed by atoms with Crippen LogP contribution < -0.4 is 11.3 Å². The van der Waals surface area contributed by atoms with Gasteiger partial charge in [-0.25, -0.2) is 10.8 Å². The van der Waals surface area contributed by atoms with Gasteiger partial charge in [0.25, 0.3) is 0 Å². The van der Waals surface area contributed by atoms with Gasteiger partial charge in [0.05, 0.1) is 0 Å². The summed E-state index contributed by atoms with van der Waals surface area (Å²) in [6.07, 6.45) is 0. The Morgan fingerprint density at radius 2 is 2.62 bits per heavy atom.